The van der Waals surface area contributed by atoms with Crippen molar-refractivity contribution in [2.75, 3.05) is 24.5 Å². The number of H-pyrrole nitrogens is 1. The van der Waals surface area contributed by atoms with Gasteiger partial charge in [0.25, 0.3) is 0 Å². The molecular formula is C34H46N6O3Si. The van der Waals surface area contributed by atoms with E-state index < -0.39 is 13.7 Å². The first-order valence-electron chi connectivity index (χ1n) is 15.6. The topological polar surface area (TPSA) is 96.5 Å². The van der Waals surface area contributed by atoms with E-state index in [-0.39, 0.29) is 17.9 Å². The van der Waals surface area contributed by atoms with Crippen molar-refractivity contribution in [3.63, 3.8) is 0 Å². The molecular weight excluding hydrogens is 568 g/mol. The minimum absolute atomic E-state index is 0.0700. The van der Waals surface area contributed by atoms with E-state index in [2.05, 4.69) is 64.8 Å². The van der Waals surface area contributed by atoms with Gasteiger partial charge in [-0.15, -0.1) is 0 Å². The minimum atomic E-state index is -1.43. The Morgan fingerprint density at radius 3 is 2.57 bits per heavy atom. The largest absolute Gasteiger partial charge is 0.444 e. The number of piperazine rings is 1. The Kier molecular flexibility index (Phi) is 9.41. The van der Waals surface area contributed by atoms with E-state index in [1.54, 1.807) is 6.20 Å². The Morgan fingerprint density at radius 2 is 1.86 bits per heavy atom. The number of anilines is 1. The Morgan fingerprint density at radius 1 is 1.09 bits per heavy atom. The molecule has 2 aromatic carbocycles. The van der Waals surface area contributed by atoms with Gasteiger partial charge in [0.1, 0.15) is 11.4 Å². The van der Waals surface area contributed by atoms with Crippen LogP contribution in [0.3, 0.4) is 0 Å². The summed E-state index contributed by atoms with van der Waals surface area (Å²) in [7, 11) is -1.43. The molecule has 0 spiro atoms. The van der Waals surface area contributed by atoms with Gasteiger partial charge >= 0.3 is 6.09 Å². The fraction of sp³-hybridized carbons (Fsp3) is 0.471. The van der Waals surface area contributed by atoms with Crippen LogP contribution >= 0.6 is 0 Å². The summed E-state index contributed by atoms with van der Waals surface area (Å²) in [6.45, 7) is 17.2. The fourth-order valence-electron chi connectivity index (χ4n) is 5.83. The maximum absolute atomic E-state index is 13.2. The molecule has 44 heavy (non-hydrogen) atoms. The summed E-state index contributed by atoms with van der Waals surface area (Å²) in [6.07, 6.45) is 5.07. The van der Waals surface area contributed by atoms with E-state index in [1.165, 1.54) is 5.56 Å². The van der Waals surface area contributed by atoms with E-state index in [0.717, 1.165) is 46.5 Å². The number of fused-ring (bicyclic) bond motifs is 1. The molecule has 5 rings (SSSR count). The number of nitrogens with one attached hydrogen (secondary N) is 1. The average Bonchev–Trinajstić information content (AvgIpc) is 3.38. The van der Waals surface area contributed by atoms with Crippen LogP contribution in [0.4, 0.5) is 10.6 Å². The highest BCUT2D eigenvalue weighted by Gasteiger charge is 2.34. The Hall–Kier alpha value is -3.76. The Bertz CT molecular complexity index is 1560. The molecule has 0 aliphatic carbocycles. The molecule has 9 nitrogen and oxygen atoms in total. The van der Waals surface area contributed by atoms with E-state index in [1.807, 2.05) is 62.2 Å². The zero-order chi connectivity index (χ0) is 31.5. The van der Waals surface area contributed by atoms with Crippen molar-refractivity contribution >= 4 is 30.9 Å². The SMILES string of the molecule is CCC(OCc1[nH]nc2ccc(-c3cncc(N4CCN(C(=O)OC(C)(C)C)C(Cc5ccccc5)C4)n3)cc12)[Si](C)(C)C. The van der Waals surface area contributed by atoms with Crippen LogP contribution in [0.1, 0.15) is 45.4 Å². The zero-order valence-corrected chi connectivity index (χ0v) is 28.1. The van der Waals surface area contributed by atoms with E-state index in [9.17, 15) is 4.79 Å². The smallest absolute Gasteiger partial charge is 0.410 e. The van der Waals surface area contributed by atoms with Crippen molar-refractivity contribution in [3.05, 3.63) is 72.2 Å². The first kappa shape index (κ1) is 31.7. The van der Waals surface area contributed by atoms with Crippen LogP contribution in [-0.2, 0) is 22.5 Å². The van der Waals surface area contributed by atoms with Gasteiger partial charge in [0.05, 0.1) is 50.0 Å². The van der Waals surface area contributed by atoms with Gasteiger partial charge in [0, 0.05) is 36.3 Å². The number of hydrogen-bond donors (Lipinski definition) is 1. The lowest BCUT2D eigenvalue weighted by atomic mass is 10.0. The first-order valence-corrected chi connectivity index (χ1v) is 19.2. The summed E-state index contributed by atoms with van der Waals surface area (Å²) in [5.74, 6) is 0.793. The van der Waals surface area contributed by atoms with Gasteiger partial charge in [-0.2, -0.15) is 5.10 Å². The molecule has 1 aliphatic rings. The molecule has 4 aromatic rings. The van der Waals surface area contributed by atoms with Gasteiger partial charge in [-0.1, -0.05) is 63.0 Å². The number of carbonyl (C=O) groups is 1. The standard InChI is InChI=1S/C34H46N6O3Si/c1-8-32(44(5,6)7)42-23-30-27-19-25(14-15-28(27)37-38-30)29-20-35-21-31(36-29)39-16-17-40(33(41)43-34(2,3)4)26(22-39)18-24-12-10-9-11-13-24/h9-15,19-21,26,32H,8,16-18,22-23H2,1-7H3,(H,37,38). The minimum Gasteiger partial charge on any atom is -0.444 e. The summed E-state index contributed by atoms with van der Waals surface area (Å²) >= 11 is 0. The zero-order valence-electron chi connectivity index (χ0n) is 27.1. The van der Waals surface area contributed by atoms with Crippen molar-refractivity contribution in [1.29, 1.82) is 0 Å². The van der Waals surface area contributed by atoms with Crippen LogP contribution in [-0.4, -0.2) is 76.2 Å². The molecule has 0 bridgehead atoms. The molecule has 1 N–H and O–H groups in total. The molecule has 1 fully saturated rings. The van der Waals surface area contributed by atoms with Gasteiger partial charge in [-0.25, -0.2) is 9.78 Å². The normalized spacial score (nSPS) is 16.8. The molecule has 0 radical (unpaired) electrons. The number of aromatic amines is 1. The summed E-state index contributed by atoms with van der Waals surface area (Å²) in [5, 5.41) is 8.74. The van der Waals surface area contributed by atoms with Crippen molar-refractivity contribution in [1.82, 2.24) is 25.1 Å². The lowest BCUT2D eigenvalue weighted by molar-refractivity contribution is 0.0140. The number of hydrogen-bond acceptors (Lipinski definition) is 7. The second-order valence-corrected chi connectivity index (χ2v) is 19.1. The quantitative estimate of drug-likeness (QED) is 0.206. The molecule has 1 aliphatic heterocycles. The molecule has 2 aromatic heterocycles. The van der Waals surface area contributed by atoms with Gasteiger partial charge in [0.15, 0.2) is 0 Å². The number of ether oxygens (including phenoxy) is 2. The number of amides is 1. The van der Waals surface area contributed by atoms with Gasteiger partial charge in [-0.3, -0.25) is 10.1 Å². The first-order chi connectivity index (χ1) is 20.9. The molecule has 1 amide bonds. The maximum atomic E-state index is 13.2. The molecule has 3 heterocycles. The monoisotopic (exact) mass is 614 g/mol. The van der Waals surface area contributed by atoms with Crippen molar-refractivity contribution < 1.29 is 14.3 Å². The van der Waals surface area contributed by atoms with Gasteiger partial charge in [-0.05, 0) is 51.3 Å². The van der Waals surface area contributed by atoms with E-state index in [0.29, 0.717) is 26.2 Å². The van der Waals surface area contributed by atoms with Crippen LogP contribution < -0.4 is 4.90 Å². The summed E-state index contributed by atoms with van der Waals surface area (Å²) in [6, 6.07) is 16.4. The highest BCUT2D eigenvalue weighted by molar-refractivity contribution is 6.77. The molecule has 1 saturated heterocycles. The number of benzene rings is 2. The molecule has 2 unspecified atom stereocenters. The molecule has 2 atom stereocenters. The van der Waals surface area contributed by atoms with Crippen LogP contribution in [0.2, 0.25) is 19.6 Å². The average molecular weight is 615 g/mol. The van der Waals surface area contributed by atoms with Gasteiger partial charge in [0.2, 0.25) is 0 Å². The van der Waals surface area contributed by atoms with Crippen LogP contribution in [0, 0.1) is 0 Å². The number of nitrogens with zero attached hydrogens (tertiary/aromatic N) is 5. The van der Waals surface area contributed by atoms with Crippen LogP contribution in [0.5, 0.6) is 0 Å². The van der Waals surface area contributed by atoms with E-state index >= 15 is 0 Å². The lowest BCUT2D eigenvalue weighted by Gasteiger charge is -2.42. The number of carbonyl (C=O) groups excluding carboxylic acids is 1. The number of rotatable bonds is 9. The predicted octanol–water partition coefficient (Wildman–Crippen LogP) is 6.86. The van der Waals surface area contributed by atoms with Crippen LogP contribution in [0.25, 0.3) is 22.2 Å². The van der Waals surface area contributed by atoms with Crippen molar-refractivity contribution in [2.45, 2.75) is 84.2 Å². The maximum Gasteiger partial charge on any atom is 0.410 e. The third-order valence-corrected chi connectivity index (χ3v) is 10.6. The Balaban J connectivity index is 1.37. The van der Waals surface area contributed by atoms with Crippen molar-refractivity contribution in [2.24, 2.45) is 0 Å². The lowest BCUT2D eigenvalue weighted by Crippen LogP contribution is -2.57. The molecule has 10 heteroatoms. The predicted molar refractivity (Wildman–Crippen MR) is 178 cm³/mol. The molecule has 234 valence electrons. The molecule has 0 saturated carbocycles. The highest BCUT2D eigenvalue weighted by Crippen LogP contribution is 2.28. The van der Waals surface area contributed by atoms with E-state index in [4.69, 9.17) is 14.5 Å². The second-order valence-electron chi connectivity index (χ2n) is 13.7. The highest BCUT2D eigenvalue weighted by atomic mass is 28.3. The summed E-state index contributed by atoms with van der Waals surface area (Å²) in [5.41, 5.74) is 4.55. The third-order valence-electron chi connectivity index (χ3n) is 8.07. The second kappa shape index (κ2) is 13.1. The third kappa shape index (κ3) is 7.65. The van der Waals surface area contributed by atoms with Crippen molar-refractivity contribution in [3.8, 4) is 11.3 Å². The Labute approximate surface area is 262 Å². The summed E-state index contributed by atoms with van der Waals surface area (Å²) in [4.78, 5) is 26.9. The number of aromatic nitrogens is 4. The van der Waals surface area contributed by atoms with Gasteiger partial charge < -0.3 is 19.3 Å². The summed E-state index contributed by atoms with van der Waals surface area (Å²) < 4.78 is 12.2. The fourth-order valence-corrected chi connectivity index (χ4v) is 7.64. The van der Waals surface area contributed by atoms with Crippen LogP contribution in [0.15, 0.2) is 60.9 Å².